The summed E-state index contributed by atoms with van der Waals surface area (Å²) in [6.07, 6.45) is 0.565. The molecule has 0 radical (unpaired) electrons. The summed E-state index contributed by atoms with van der Waals surface area (Å²) in [5, 5.41) is 3.19. The van der Waals surface area contributed by atoms with Crippen molar-refractivity contribution in [2.75, 3.05) is 12.4 Å². The molecule has 0 aliphatic carbocycles. The Labute approximate surface area is 114 Å². The Balaban J connectivity index is 3.01. The first kappa shape index (κ1) is 14.3. The largest absolute Gasteiger partial charge is 0.493 e. The lowest BCUT2D eigenvalue weighted by atomic mass is 10.2. The van der Waals surface area contributed by atoms with E-state index >= 15 is 0 Å². The lowest BCUT2D eigenvalue weighted by Crippen LogP contribution is -2.34. The number of rotatable bonds is 4. The number of halogens is 2. The predicted molar refractivity (Wildman–Crippen MR) is 72.6 cm³/mol. The number of anilines is 1. The SMILES string of the molecule is CC[C@@H](N)C(=O)Nc1cc(Cl)cc(Br)c1OC. The summed E-state index contributed by atoms with van der Waals surface area (Å²) in [5.41, 5.74) is 6.14. The monoisotopic (exact) mass is 320 g/mol. The van der Waals surface area contributed by atoms with Gasteiger partial charge in [-0.1, -0.05) is 18.5 Å². The van der Waals surface area contributed by atoms with Crippen molar-refractivity contribution < 1.29 is 9.53 Å². The van der Waals surface area contributed by atoms with Gasteiger partial charge in [0.2, 0.25) is 5.91 Å². The van der Waals surface area contributed by atoms with Gasteiger partial charge in [0.15, 0.2) is 5.75 Å². The van der Waals surface area contributed by atoms with Crippen molar-refractivity contribution in [3.8, 4) is 5.75 Å². The highest BCUT2D eigenvalue weighted by Crippen LogP contribution is 2.36. The van der Waals surface area contributed by atoms with E-state index in [9.17, 15) is 4.79 Å². The molecule has 3 N–H and O–H groups in total. The molecular weight excluding hydrogens is 307 g/mol. The Kier molecular flexibility index (Phi) is 5.24. The normalized spacial score (nSPS) is 12.1. The van der Waals surface area contributed by atoms with Crippen LogP contribution in [0.4, 0.5) is 5.69 Å². The molecular formula is C11H14BrClN2O2. The van der Waals surface area contributed by atoms with Crippen LogP contribution in [-0.2, 0) is 4.79 Å². The summed E-state index contributed by atoms with van der Waals surface area (Å²) in [6, 6.07) is 2.76. The maximum absolute atomic E-state index is 11.7. The maximum Gasteiger partial charge on any atom is 0.241 e. The highest BCUT2D eigenvalue weighted by Gasteiger charge is 2.15. The molecule has 1 rings (SSSR count). The van der Waals surface area contributed by atoms with Crippen LogP contribution in [0.15, 0.2) is 16.6 Å². The third-order valence-electron chi connectivity index (χ3n) is 2.25. The van der Waals surface area contributed by atoms with Crippen molar-refractivity contribution in [1.82, 2.24) is 0 Å². The third-order valence-corrected chi connectivity index (χ3v) is 3.05. The highest BCUT2D eigenvalue weighted by molar-refractivity contribution is 9.10. The molecule has 0 bridgehead atoms. The van der Waals surface area contributed by atoms with Gasteiger partial charge in [-0.2, -0.15) is 0 Å². The number of benzene rings is 1. The van der Waals surface area contributed by atoms with Crippen LogP contribution in [0.5, 0.6) is 5.75 Å². The Bertz CT molecular complexity index is 426. The zero-order valence-corrected chi connectivity index (χ0v) is 11.9. The number of methoxy groups -OCH3 is 1. The molecule has 0 unspecified atom stereocenters. The second-order valence-corrected chi connectivity index (χ2v) is 4.76. The molecule has 94 valence electrons. The van der Waals surface area contributed by atoms with Crippen molar-refractivity contribution in [2.45, 2.75) is 19.4 Å². The van der Waals surface area contributed by atoms with Gasteiger partial charge in [-0.25, -0.2) is 0 Å². The number of carbonyl (C=O) groups is 1. The number of amides is 1. The first-order valence-corrected chi connectivity index (χ1v) is 6.26. The molecule has 4 nitrogen and oxygen atoms in total. The number of nitrogens with two attached hydrogens (primary N) is 1. The fourth-order valence-corrected chi connectivity index (χ4v) is 2.24. The van der Waals surface area contributed by atoms with E-state index in [1.165, 1.54) is 7.11 Å². The molecule has 0 heterocycles. The molecule has 0 aromatic heterocycles. The molecule has 0 aliphatic heterocycles. The van der Waals surface area contributed by atoms with E-state index in [-0.39, 0.29) is 5.91 Å². The summed E-state index contributed by atoms with van der Waals surface area (Å²) >= 11 is 9.22. The van der Waals surface area contributed by atoms with Crippen molar-refractivity contribution >= 4 is 39.1 Å². The fraction of sp³-hybridized carbons (Fsp3) is 0.364. The first-order valence-electron chi connectivity index (χ1n) is 5.09. The highest BCUT2D eigenvalue weighted by atomic mass is 79.9. The predicted octanol–water partition coefficient (Wildman–Crippen LogP) is 2.79. The van der Waals surface area contributed by atoms with Crippen LogP contribution in [0.1, 0.15) is 13.3 Å². The summed E-state index contributed by atoms with van der Waals surface area (Å²) in [6.45, 7) is 1.84. The second-order valence-electron chi connectivity index (χ2n) is 3.47. The minimum Gasteiger partial charge on any atom is -0.493 e. The van der Waals surface area contributed by atoms with Gasteiger partial charge in [0, 0.05) is 5.02 Å². The van der Waals surface area contributed by atoms with Crippen molar-refractivity contribution in [2.24, 2.45) is 5.73 Å². The van der Waals surface area contributed by atoms with Gasteiger partial charge in [-0.3, -0.25) is 4.79 Å². The van der Waals surface area contributed by atoms with Crippen LogP contribution in [0.2, 0.25) is 5.02 Å². The Hall–Kier alpha value is -0.780. The van der Waals surface area contributed by atoms with Crippen LogP contribution in [0.3, 0.4) is 0 Å². The van der Waals surface area contributed by atoms with Gasteiger partial charge in [-0.05, 0) is 34.5 Å². The molecule has 0 aliphatic rings. The molecule has 6 heteroatoms. The molecule has 17 heavy (non-hydrogen) atoms. The topological polar surface area (TPSA) is 64.4 Å². The van der Waals surface area contributed by atoms with Crippen LogP contribution >= 0.6 is 27.5 Å². The average molecular weight is 322 g/mol. The zero-order valence-electron chi connectivity index (χ0n) is 9.59. The van der Waals surface area contributed by atoms with Crippen molar-refractivity contribution in [3.05, 3.63) is 21.6 Å². The summed E-state index contributed by atoms with van der Waals surface area (Å²) < 4.78 is 5.86. The Morgan fingerprint density at radius 1 is 1.65 bits per heavy atom. The van der Waals surface area contributed by atoms with Gasteiger partial charge in [-0.15, -0.1) is 0 Å². The van der Waals surface area contributed by atoms with E-state index < -0.39 is 6.04 Å². The second kappa shape index (κ2) is 6.23. The van der Waals surface area contributed by atoms with E-state index in [0.29, 0.717) is 27.4 Å². The number of nitrogens with one attached hydrogen (secondary N) is 1. The molecule has 0 spiro atoms. The molecule has 0 saturated heterocycles. The molecule has 0 fully saturated rings. The maximum atomic E-state index is 11.7. The van der Waals surface area contributed by atoms with Crippen LogP contribution in [0, 0.1) is 0 Å². The van der Waals surface area contributed by atoms with E-state index in [2.05, 4.69) is 21.2 Å². The minimum atomic E-state index is -0.544. The lowest BCUT2D eigenvalue weighted by molar-refractivity contribution is -0.117. The van der Waals surface area contributed by atoms with Gasteiger partial charge >= 0.3 is 0 Å². The van der Waals surface area contributed by atoms with Gasteiger partial charge < -0.3 is 15.8 Å². The zero-order chi connectivity index (χ0) is 13.0. The van der Waals surface area contributed by atoms with Gasteiger partial charge in [0.1, 0.15) is 0 Å². The molecule has 1 aromatic rings. The number of carbonyl (C=O) groups excluding carboxylic acids is 1. The lowest BCUT2D eigenvalue weighted by Gasteiger charge is -2.14. The molecule has 1 atom stereocenters. The van der Waals surface area contributed by atoms with E-state index in [4.69, 9.17) is 22.1 Å². The van der Waals surface area contributed by atoms with Crippen LogP contribution in [0.25, 0.3) is 0 Å². The number of hydrogen-bond donors (Lipinski definition) is 2. The van der Waals surface area contributed by atoms with E-state index in [1.54, 1.807) is 12.1 Å². The average Bonchev–Trinajstić information content (AvgIpc) is 2.27. The van der Waals surface area contributed by atoms with Crippen LogP contribution in [-0.4, -0.2) is 19.1 Å². The third kappa shape index (κ3) is 3.59. The molecule has 1 aromatic carbocycles. The number of ether oxygens (including phenoxy) is 1. The Morgan fingerprint density at radius 2 is 2.29 bits per heavy atom. The van der Waals surface area contributed by atoms with E-state index in [0.717, 1.165) is 0 Å². The minimum absolute atomic E-state index is 0.264. The van der Waals surface area contributed by atoms with Gasteiger partial charge in [0.05, 0.1) is 23.3 Å². The number of hydrogen-bond acceptors (Lipinski definition) is 3. The molecule has 0 saturated carbocycles. The van der Waals surface area contributed by atoms with E-state index in [1.807, 2.05) is 6.92 Å². The summed E-state index contributed by atoms with van der Waals surface area (Å²) in [4.78, 5) is 11.7. The Morgan fingerprint density at radius 3 is 2.82 bits per heavy atom. The molecule has 1 amide bonds. The van der Waals surface area contributed by atoms with Crippen molar-refractivity contribution in [3.63, 3.8) is 0 Å². The van der Waals surface area contributed by atoms with Gasteiger partial charge in [0.25, 0.3) is 0 Å². The van der Waals surface area contributed by atoms with Crippen molar-refractivity contribution in [1.29, 1.82) is 0 Å². The standard InChI is InChI=1S/C11H14BrClN2O2/c1-3-8(14)11(16)15-9-5-6(13)4-7(12)10(9)17-2/h4-5,8H,3,14H2,1-2H3,(H,15,16)/t8-/m1/s1. The quantitative estimate of drug-likeness (QED) is 0.896. The summed E-state index contributed by atoms with van der Waals surface area (Å²) in [5.74, 6) is 0.256. The first-order chi connectivity index (χ1) is 7.99. The smallest absolute Gasteiger partial charge is 0.241 e. The van der Waals surface area contributed by atoms with Crippen LogP contribution < -0.4 is 15.8 Å². The summed E-state index contributed by atoms with van der Waals surface area (Å²) in [7, 11) is 1.52. The fourth-order valence-electron chi connectivity index (χ4n) is 1.27.